The lowest BCUT2D eigenvalue weighted by molar-refractivity contribution is -0.112. The normalized spacial score (nSPS) is 17.9. The van der Waals surface area contributed by atoms with E-state index in [1.165, 1.54) is 14.2 Å². The lowest BCUT2D eigenvalue weighted by Crippen LogP contribution is -2.12. The summed E-state index contributed by atoms with van der Waals surface area (Å²) < 4.78 is 10.4. The number of phenolic OH excluding ortho intramolecular Hbond substituents is 1. The topological polar surface area (TPSA) is 55.8 Å². The summed E-state index contributed by atoms with van der Waals surface area (Å²) in [6.45, 7) is 0. The predicted octanol–water partition coefficient (Wildman–Crippen LogP) is 4.69. The number of allylic oxidation sites excluding steroid dienone is 2. The van der Waals surface area contributed by atoms with Crippen LogP contribution in [0.5, 0.6) is 17.2 Å². The fourth-order valence-corrected chi connectivity index (χ4v) is 3.60. The van der Waals surface area contributed by atoms with Gasteiger partial charge in [-0.25, -0.2) is 0 Å². The molecule has 0 atom stereocenters. The van der Waals surface area contributed by atoms with Crippen molar-refractivity contribution in [3.05, 3.63) is 51.2 Å². The van der Waals surface area contributed by atoms with Crippen molar-refractivity contribution >= 4 is 29.3 Å². The van der Waals surface area contributed by atoms with E-state index in [-0.39, 0.29) is 11.5 Å². The zero-order valence-electron chi connectivity index (χ0n) is 14.2. The van der Waals surface area contributed by atoms with E-state index < -0.39 is 0 Å². The average Bonchev–Trinajstić information content (AvgIpc) is 3.12. The Labute approximate surface area is 151 Å². The van der Waals surface area contributed by atoms with Gasteiger partial charge in [0.2, 0.25) is 5.75 Å². The van der Waals surface area contributed by atoms with Crippen molar-refractivity contribution in [2.75, 3.05) is 14.2 Å². The molecule has 0 aliphatic heterocycles. The Bertz CT molecular complexity index is 806. The largest absolute Gasteiger partial charge is 0.502 e. The third-order valence-electron chi connectivity index (χ3n) is 4.18. The number of Topliss-reactive ketones (excluding diaryl/α,β-unsaturated/α-hetero) is 1. The van der Waals surface area contributed by atoms with Gasteiger partial charge in [-0.05, 0) is 60.6 Å². The van der Waals surface area contributed by atoms with Gasteiger partial charge in [0.25, 0.3) is 0 Å². The van der Waals surface area contributed by atoms with Crippen molar-refractivity contribution in [2.45, 2.75) is 19.3 Å². The molecule has 1 aliphatic carbocycles. The number of carbonyl (C=O) groups excluding carboxylic acids is 1. The third kappa shape index (κ3) is 3.77. The molecule has 0 unspecified atom stereocenters. The minimum atomic E-state index is -0.0413. The van der Waals surface area contributed by atoms with Crippen LogP contribution in [0.1, 0.15) is 29.7 Å². The SMILES string of the molecule is COc1cc(/C=C2\CCC/C(=C/c3cccs3)C2=O)cc(OC)c1O. The molecule has 1 aliphatic rings. The first-order valence-electron chi connectivity index (χ1n) is 8.06. The Morgan fingerprint density at radius 1 is 1.08 bits per heavy atom. The first-order valence-corrected chi connectivity index (χ1v) is 8.94. The van der Waals surface area contributed by atoms with Crippen LogP contribution in [0, 0.1) is 0 Å². The van der Waals surface area contributed by atoms with Crippen molar-refractivity contribution < 1.29 is 19.4 Å². The van der Waals surface area contributed by atoms with Crippen molar-refractivity contribution in [1.29, 1.82) is 0 Å². The van der Waals surface area contributed by atoms with Gasteiger partial charge < -0.3 is 14.6 Å². The standard InChI is InChI=1S/C20H20O4S/c1-23-17-10-13(11-18(24-2)20(17)22)9-14-5-3-6-15(19(14)21)12-16-7-4-8-25-16/h4,7-12,22H,3,5-6H2,1-2H3/b14-9+,15-12-. The molecule has 0 bridgehead atoms. The average molecular weight is 356 g/mol. The number of rotatable bonds is 4. The highest BCUT2D eigenvalue weighted by Crippen LogP contribution is 2.38. The molecular formula is C20H20O4S. The molecule has 0 saturated heterocycles. The molecule has 1 aromatic heterocycles. The van der Waals surface area contributed by atoms with Gasteiger partial charge in [0.05, 0.1) is 14.2 Å². The molecule has 1 heterocycles. The van der Waals surface area contributed by atoms with Gasteiger partial charge in [0.15, 0.2) is 17.3 Å². The van der Waals surface area contributed by atoms with Crippen LogP contribution in [0.3, 0.4) is 0 Å². The second kappa shape index (κ2) is 7.57. The molecule has 5 heteroatoms. The molecule has 2 aromatic rings. The quantitative estimate of drug-likeness (QED) is 0.808. The van der Waals surface area contributed by atoms with Gasteiger partial charge in [-0.3, -0.25) is 4.79 Å². The van der Waals surface area contributed by atoms with Crippen LogP contribution < -0.4 is 9.47 Å². The number of hydrogen-bond donors (Lipinski definition) is 1. The third-order valence-corrected chi connectivity index (χ3v) is 5.00. The van der Waals surface area contributed by atoms with Crippen LogP contribution in [0.4, 0.5) is 0 Å². The monoisotopic (exact) mass is 356 g/mol. The molecule has 25 heavy (non-hydrogen) atoms. The van der Waals surface area contributed by atoms with Crippen LogP contribution >= 0.6 is 11.3 Å². The molecular weight excluding hydrogens is 336 g/mol. The van der Waals surface area contributed by atoms with Gasteiger partial charge in [-0.15, -0.1) is 11.3 Å². The smallest absolute Gasteiger partial charge is 0.200 e. The molecule has 1 aromatic carbocycles. The molecule has 3 rings (SSSR count). The highest BCUT2D eigenvalue weighted by molar-refractivity contribution is 7.10. The van der Waals surface area contributed by atoms with E-state index in [9.17, 15) is 9.90 Å². The number of ether oxygens (including phenoxy) is 2. The number of methoxy groups -OCH3 is 2. The Morgan fingerprint density at radius 2 is 1.72 bits per heavy atom. The van der Waals surface area contributed by atoms with E-state index in [4.69, 9.17) is 9.47 Å². The lowest BCUT2D eigenvalue weighted by Gasteiger charge is -2.17. The van der Waals surface area contributed by atoms with E-state index in [1.807, 2.05) is 29.7 Å². The van der Waals surface area contributed by atoms with Gasteiger partial charge in [-0.2, -0.15) is 0 Å². The van der Waals surface area contributed by atoms with Crippen molar-refractivity contribution in [3.63, 3.8) is 0 Å². The van der Waals surface area contributed by atoms with E-state index in [1.54, 1.807) is 23.5 Å². The number of hydrogen-bond acceptors (Lipinski definition) is 5. The van der Waals surface area contributed by atoms with Crippen LogP contribution in [0.2, 0.25) is 0 Å². The molecule has 1 saturated carbocycles. The summed E-state index contributed by atoms with van der Waals surface area (Å²) in [6, 6.07) is 7.40. The Hall–Kier alpha value is -2.53. The highest BCUT2D eigenvalue weighted by Gasteiger charge is 2.21. The molecule has 0 radical (unpaired) electrons. The van der Waals surface area contributed by atoms with E-state index in [2.05, 4.69) is 0 Å². The van der Waals surface area contributed by atoms with Crippen LogP contribution in [0.15, 0.2) is 40.8 Å². The lowest BCUT2D eigenvalue weighted by atomic mass is 9.87. The Morgan fingerprint density at radius 3 is 2.28 bits per heavy atom. The summed E-state index contributed by atoms with van der Waals surface area (Å²) in [5.41, 5.74) is 2.38. The van der Waals surface area contributed by atoms with Gasteiger partial charge in [0, 0.05) is 16.0 Å². The number of benzene rings is 1. The van der Waals surface area contributed by atoms with Crippen molar-refractivity contribution in [3.8, 4) is 17.2 Å². The molecule has 0 spiro atoms. The van der Waals surface area contributed by atoms with E-state index in [0.717, 1.165) is 40.8 Å². The number of ketones is 1. The Balaban J connectivity index is 1.94. The minimum Gasteiger partial charge on any atom is -0.502 e. The summed E-state index contributed by atoms with van der Waals surface area (Å²) >= 11 is 1.63. The number of carbonyl (C=O) groups is 1. The van der Waals surface area contributed by atoms with Crippen molar-refractivity contribution in [2.24, 2.45) is 0 Å². The maximum Gasteiger partial charge on any atom is 0.200 e. The van der Waals surface area contributed by atoms with Gasteiger partial charge in [-0.1, -0.05) is 6.07 Å². The second-order valence-corrected chi connectivity index (χ2v) is 6.79. The maximum atomic E-state index is 12.8. The summed E-state index contributed by atoms with van der Waals surface area (Å²) in [4.78, 5) is 13.9. The van der Waals surface area contributed by atoms with Gasteiger partial charge >= 0.3 is 0 Å². The zero-order valence-corrected chi connectivity index (χ0v) is 15.1. The number of thiophene rings is 1. The number of aromatic hydroxyl groups is 1. The van der Waals surface area contributed by atoms with E-state index >= 15 is 0 Å². The highest BCUT2D eigenvalue weighted by atomic mass is 32.1. The minimum absolute atomic E-state index is 0.0413. The van der Waals surface area contributed by atoms with Crippen LogP contribution in [-0.2, 0) is 4.79 Å². The number of phenols is 1. The molecule has 130 valence electrons. The van der Waals surface area contributed by atoms with Gasteiger partial charge in [0.1, 0.15) is 0 Å². The maximum absolute atomic E-state index is 12.8. The van der Waals surface area contributed by atoms with Crippen molar-refractivity contribution in [1.82, 2.24) is 0 Å². The van der Waals surface area contributed by atoms with Crippen LogP contribution in [-0.4, -0.2) is 25.1 Å². The first kappa shape index (κ1) is 17.3. The summed E-state index contributed by atoms with van der Waals surface area (Å²) in [7, 11) is 2.97. The molecule has 1 N–H and O–H groups in total. The zero-order chi connectivity index (χ0) is 17.8. The first-order chi connectivity index (χ1) is 12.1. The predicted molar refractivity (Wildman–Crippen MR) is 100 cm³/mol. The molecule has 1 fully saturated rings. The second-order valence-electron chi connectivity index (χ2n) is 5.81. The molecule has 0 amide bonds. The molecule has 4 nitrogen and oxygen atoms in total. The summed E-state index contributed by atoms with van der Waals surface area (Å²) in [6.07, 6.45) is 6.33. The van der Waals surface area contributed by atoms with E-state index in [0.29, 0.717) is 11.5 Å². The fraction of sp³-hybridized carbons (Fsp3) is 0.250. The Kier molecular flexibility index (Phi) is 5.24. The summed E-state index contributed by atoms with van der Waals surface area (Å²) in [5, 5.41) is 12.0. The van der Waals surface area contributed by atoms with Crippen LogP contribution in [0.25, 0.3) is 12.2 Å². The summed E-state index contributed by atoms with van der Waals surface area (Å²) in [5.74, 6) is 0.693. The fourth-order valence-electron chi connectivity index (χ4n) is 2.92.